The number of methoxy groups -OCH3 is 2. The maximum Gasteiger partial charge on any atom is 0.257 e. The van der Waals surface area contributed by atoms with Gasteiger partial charge in [0.2, 0.25) is 10.0 Å². The van der Waals surface area contributed by atoms with Crippen molar-refractivity contribution in [1.29, 1.82) is 0 Å². The molecule has 0 aliphatic rings. The molecule has 0 fully saturated rings. The van der Waals surface area contributed by atoms with Gasteiger partial charge in [0.25, 0.3) is 5.91 Å². The molecule has 0 aliphatic heterocycles. The highest BCUT2D eigenvalue weighted by molar-refractivity contribution is 7.89. The minimum absolute atomic E-state index is 0.133. The van der Waals surface area contributed by atoms with Crippen LogP contribution in [0.3, 0.4) is 0 Å². The van der Waals surface area contributed by atoms with Gasteiger partial charge in [-0.25, -0.2) is 13.1 Å². The molecule has 0 saturated heterocycles. The molecule has 2 N–H and O–H groups in total. The van der Waals surface area contributed by atoms with E-state index in [9.17, 15) is 13.2 Å². The lowest BCUT2D eigenvalue weighted by molar-refractivity contribution is -0.123. The molecule has 0 aromatic heterocycles. The summed E-state index contributed by atoms with van der Waals surface area (Å²) >= 11 is 0. The molecule has 170 valence electrons. The molecule has 0 aliphatic carbocycles. The van der Waals surface area contributed by atoms with E-state index in [-0.39, 0.29) is 17.4 Å². The Morgan fingerprint density at radius 1 is 0.968 bits per heavy atom. The summed E-state index contributed by atoms with van der Waals surface area (Å²) in [6.45, 7) is 5.58. The molecule has 0 bridgehead atoms. The Balaban J connectivity index is 1.81. The van der Waals surface area contributed by atoms with Crippen LogP contribution >= 0.6 is 0 Å². The Labute approximate surface area is 184 Å². The highest BCUT2D eigenvalue weighted by Gasteiger charge is 2.21. The van der Waals surface area contributed by atoms with E-state index in [1.165, 1.54) is 24.3 Å². The minimum Gasteiger partial charge on any atom is -0.493 e. The van der Waals surface area contributed by atoms with Gasteiger partial charge >= 0.3 is 0 Å². The molecule has 2 aromatic rings. The second kappa shape index (κ2) is 10.5. The average Bonchev–Trinajstić information content (AvgIpc) is 2.70. The summed E-state index contributed by atoms with van der Waals surface area (Å²) in [5.74, 6) is 1.42. The fraction of sp³-hybridized carbons (Fsp3) is 0.409. The van der Waals surface area contributed by atoms with Crippen molar-refractivity contribution in [2.45, 2.75) is 37.6 Å². The summed E-state index contributed by atoms with van der Waals surface area (Å²) in [7, 11) is -0.466. The Morgan fingerprint density at radius 2 is 1.61 bits per heavy atom. The predicted octanol–water partition coefficient (Wildman–Crippen LogP) is 2.52. The van der Waals surface area contributed by atoms with Gasteiger partial charge in [0.05, 0.1) is 19.1 Å². The molecule has 2 aromatic carbocycles. The van der Waals surface area contributed by atoms with E-state index in [4.69, 9.17) is 14.2 Å². The number of rotatable bonds is 10. The fourth-order valence-electron chi connectivity index (χ4n) is 2.76. The zero-order valence-electron chi connectivity index (χ0n) is 18.5. The molecule has 1 amide bonds. The topological polar surface area (TPSA) is 103 Å². The lowest BCUT2D eigenvalue weighted by Gasteiger charge is -2.20. The zero-order chi connectivity index (χ0) is 23.1. The number of hydrogen-bond donors (Lipinski definition) is 2. The third kappa shape index (κ3) is 7.76. The van der Waals surface area contributed by atoms with Crippen molar-refractivity contribution in [3.05, 3.63) is 48.0 Å². The van der Waals surface area contributed by atoms with Crippen molar-refractivity contribution in [1.82, 2.24) is 10.0 Å². The van der Waals surface area contributed by atoms with Crippen molar-refractivity contribution in [2.75, 3.05) is 27.4 Å². The summed E-state index contributed by atoms with van der Waals surface area (Å²) in [6.07, 6.45) is 0.624. The van der Waals surface area contributed by atoms with Gasteiger partial charge in [-0.1, -0.05) is 6.07 Å². The Bertz CT molecular complexity index is 982. The van der Waals surface area contributed by atoms with E-state index in [1.54, 1.807) is 35.0 Å². The predicted molar refractivity (Wildman–Crippen MR) is 118 cm³/mol. The van der Waals surface area contributed by atoms with Crippen LogP contribution in [0.2, 0.25) is 0 Å². The number of ether oxygens (including phenoxy) is 3. The smallest absolute Gasteiger partial charge is 0.257 e. The molecule has 0 atom stereocenters. The second-order valence-corrected chi connectivity index (χ2v) is 9.59. The SMILES string of the molecule is COc1ccc(CCNC(=O)COc2ccc(S(=O)(=O)NC(C)(C)C)cc2)cc1OC. The highest BCUT2D eigenvalue weighted by atomic mass is 32.2. The third-order valence-corrected chi connectivity index (χ3v) is 5.90. The normalized spacial score (nSPS) is 11.6. The molecule has 0 spiro atoms. The fourth-order valence-corrected chi connectivity index (χ4v) is 4.18. The molecule has 0 radical (unpaired) electrons. The summed E-state index contributed by atoms with van der Waals surface area (Å²) in [4.78, 5) is 12.2. The Morgan fingerprint density at radius 3 is 2.19 bits per heavy atom. The lowest BCUT2D eigenvalue weighted by Crippen LogP contribution is -2.40. The molecular formula is C22H30N2O6S. The molecule has 8 nitrogen and oxygen atoms in total. The van der Waals surface area contributed by atoms with Crippen molar-refractivity contribution in [2.24, 2.45) is 0 Å². The van der Waals surface area contributed by atoms with Crippen LogP contribution in [0, 0.1) is 0 Å². The van der Waals surface area contributed by atoms with Crippen LogP contribution < -0.4 is 24.2 Å². The standard InChI is InChI=1S/C22H30N2O6S/c1-22(2,3)24-31(26,27)18-9-7-17(8-10-18)30-15-21(25)23-13-12-16-6-11-19(28-4)20(14-16)29-5/h6-11,14,24H,12-13,15H2,1-5H3,(H,23,25). The van der Waals surface area contributed by atoms with E-state index < -0.39 is 15.6 Å². The second-order valence-electron chi connectivity index (χ2n) is 7.90. The molecule has 31 heavy (non-hydrogen) atoms. The third-order valence-electron chi connectivity index (χ3n) is 4.13. The first-order valence-electron chi connectivity index (χ1n) is 9.78. The summed E-state index contributed by atoms with van der Waals surface area (Å²) in [5.41, 5.74) is 0.419. The van der Waals surface area contributed by atoms with Gasteiger partial charge in [0.15, 0.2) is 18.1 Å². The number of amides is 1. The van der Waals surface area contributed by atoms with E-state index in [0.717, 1.165) is 5.56 Å². The Hall–Kier alpha value is -2.78. The van der Waals surface area contributed by atoms with E-state index >= 15 is 0 Å². The van der Waals surface area contributed by atoms with Crippen LogP contribution in [0.15, 0.2) is 47.4 Å². The van der Waals surface area contributed by atoms with Gasteiger partial charge < -0.3 is 19.5 Å². The van der Waals surface area contributed by atoms with E-state index in [0.29, 0.717) is 30.2 Å². The van der Waals surface area contributed by atoms with Gasteiger partial charge in [-0.15, -0.1) is 0 Å². The van der Waals surface area contributed by atoms with E-state index in [2.05, 4.69) is 10.0 Å². The number of sulfonamides is 1. The number of benzene rings is 2. The number of nitrogens with one attached hydrogen (secondary N) is 2. The summed E-state index contributed by atoms with van der Waals surface area (Å²) in [5, 5.41) is 2.79. The van der Waals surface area contributed by atoms with Crippen molar-refractivity contribution in [3.63, 3.8) is 0 Å². The highest BCUT2D eigenvalue weighted by Crippen LogP contribution is 2.27. The van der Waals surface area contributed by atoms with Crippen molar-refractivity contribution >= 4 is 15.9 Å². The van der Waals surface area contributed by atoms with Crippen LogP contribution in [-0.2, 0) is 21.2 Å². The number of carbonyl (C=O) groups is 1. The minimum atomic E-state index is -3.62. The molecule has 2 rings (SSSR count). The molecule has 9 heteroatoms. The quantitative estimate of drug-likeness (QED) is 0.577. The number of carbonyl (C=O) groups excluding carboxylic acids is 1. The van der Waals surface area contributed by atoms with Gasteiger partial charge in [-0.05, 0) is 69.2 Å². The first kappa shape index (κ1) is 24.5. The van der Waals surface area contributed by atoms with Gasteiger partial charge in [0, 0.05) is 12.1 Å². The molecule has 0 heterocycles. The largest absolute Gasteiger partial charge is 0.493 e. The van der Waals surface area contributed by atoms with E-state index in [1.807, 2.05) is 18.2 Å². The number of hydrogen-bond acceptors (Lipinski definition) is 6. The van der Waals surface area contributed by atoms with Crippen molar-refractivity contribution < 1.29 is 27.4 Å². The lowest BCUT2D eigenvalue weighted by atomic mass is 10.1. The summed E-state index contributed by atoms with van der Waals surface area (Å²) in [6, 6.07) is 11.5. The van der Waals surface area contributed by atoms with Crippen LogP contribution in [0.1, 0.15) is 26.3 Å². The van der Waals surface area contributed by atoms with Crippen LogP contribution in [0.25, 0.3) is 0 Å². The summed E-state index contributed by atoms with van der Waals surface area (Å²) < 4.78 is 43.1. The first-order valence-corrected chi connectivity index (χ1v) is 11.3. The first-order chi connectivity index (χ1) is 14.5. The average molecular weight is 451 g/mol. The van der Waals surface area contributed by atoms with Gasteiger partial charge in [-0.2, -0.15) is 0 Å². The molecule has 0 unspecified atom stereocenters. The van der Waals surface area contributed by atoms with Gasteiger partial charge in [-0.3, -0.25) is 4.79 Å². The van der Waals surface area contributed by atoms with Crippen molar-refractivity contribution in [3.8, 4) is 17.2 Å². The van der Waals surface area contributed by atoms with Gasteiger partial charge in [0.1, 0.15) is 5.75 Å². The van der Waals surface area contributed by atoms with Crippen LogP contribution in [0.5, 0.6) is 17.2 Å². The molecule has 0 saturated carbocycles. The Kier molecular flexibility index (Phi) is 8.29. The van der Waals surface area contributed by atoms with Crippen LogP contribution in [-0.4, -0.2) is 47.2 Å². The molecular weight excluding hydrogens is 420 g/mol. The monoisotopic (exact) mass is 450 g/mol. The van der Waals surface area contributed by atoms with Crippen LogP contribution in [0.4, 0.5) is 0 Å². The maximum absolute atomic E-state index is 12.3. The zero-order valence-corrected chi connectivity index (χ0v) is 19.3. The maximum atomic E-state index is 12.3.